The van der Waals surface area contributed by atoms with Crippen LogP contribution in [0.25, 0.3) is 0 Å². The van der Waals surface area contributed by atoms with Crippen LogP contribution < -0.4 is 4.90 Å². The van der Waals surface area contributed by atoms with E-state index in [1.165, 1.54) is 17.0 Å². The van der Waals surface area contributed by atoms with Crippen LogP contribution in [0.15, 0.2) is 18.2 Å². The minimum atomic E-state index is -0.578. The molecule has 0 spiro atoms. The molecule has 1 atom stereocenters. The normalized spacial score (nSPS) is 18.8. The first-order valence-corrected chi connectivity index (χ1v) is 5.61. The Hall–Kier alpha value is -2.06. The Bertz CT molecular complexity index is 565. The molecule has 92 valence electrons. The molecule has 1 aliphatic rings. The summed E-state index contributed by atoms with van der Waals surface area (Å²) in [6, 6.07) is 4.27. The highest BCUT2D eigenvalue weighted by Gasteiger charge is 2.30. The number of nitro groups is 1. The number of hydrogen-bond acceptors (Lipinski definition) is 3. The predicted octanol–water partition coefficient (Wildman–Crippen LogP) is 2.23. The van der Waals surface area contributed by atoms with Crippen molar-refractivity contribution < 1.29 is 9.72 Å². The van der Waals surface area contributed by atoms with Crippen molar-refractivity contribution in [3.8, 4) is 12.3 Å². The highest BCUT2D eigenvalue weighted by atomic mass is 35.5. The third-order valence-corrected chi connectivity index (χ3v) is 3.12. The quantitative estimate of drug-likeness (QED) is 0.467. The number of benzene rings is 1. The summed E-state index contributed by atoms with van der Waals surface area (Å²) in [5.74, 6) is 2.24. The lowest BCUT2D eigenvalue weighted by Crippen LogP contribution is -2.24. The summed E-state index contributed by atoms with van der Waals surface area (Å²) < 4.78 is 0. The molecule has 1 aromatic rings. The lowest BCUT2D eigenvalue weighted by atomic mass is 10.1. The first-order chi connectivity index (χ1) is 8.52. The molecule has 18 heavy (non-hydrogen) atoms. The average molecular weight is 265 g/mol. The van der Waals surface area contributed by atoms with Crippen molar-refractivity contribution in [1.82, 2.24) is 0 Å². The number of carbonyl (C=O) groups is 1. The number of hydrogen-bond donors (Lipinski definition) is 0. The van der Waals surface area contributed by atoms with Gasteiger partial charge in [-0.1, -0.05) is 11.6 Å². The zero-order valence-electron chi connectivity index (χ0n) is 9.30. The maximum absolute atomic E-state index is 11.7. The lowest BCUT2D eigenvalue weighted by molar-refractivity contribution is -0.384. The van der Waals surface area contributed by atoms with Crippen molar-refractivity contribution in [3.05, 3.63) is 33.3 Å². The number of amides is 1. The second-order valence-electron chi connectivity index (χ2n) is 3.96. The van der Waals surface area contributed by atoms with Crippen molar-refractivity contribution >= 4 is 28.9 Å². The standard InChI is InChI=1S/C12H9ClN2O3/c1-2-8-5-12(16)14(7-8)9-3-4-10(13)11(6-9)15(17)18/h1,3-4,6,8H,5,7H2. The number of carbonyl (C=O) groups excluding carboxylic acids is 1. The Labute approximate surface area is 108 Å². The van der Waals surface area contributed by atoms with Gasteiger partial charge in [-0.25, -0.2) is 0 Å². The molecule has 0 radical (unpaired) electrons. The van der Waals surface area contributed by atoms with Gasteiger partial charge >= 0.3 is 0 Å². The van der Waals surface area contributed by atoms with E-state index in [0.29, 0.717) is 12.2 Å². The second-order valence-corrected chi connectivity index (χ2v) is 4.37. The molecule has 1 fully saturated rings. The van der Waals surface area contributed by atoms with Crippen LogP contribution in [0, 0.1) is 28.4 Å². The topological polar surface area (TPSA) is 63.5 Å². The van der Waals surface area contributed by atoms with Gasteiger partial charge in [0.1, 0.15) is 5.02 Å². The zero-order chi connectivity index (χ0) is 13.3. The van der Waals surface area contributed by atoms with Crippen molar-refractivity contribution in [1.29, 1.82) is 0 Å². The van der Waals surface area contributed by atoms with E-state index in [1.807, 2.05) is 0 Å². The van der Waals surface area contributed by atoms with Gasteiger partial charge in [0.25, 0.3) is 5.69 Å². The van der Waals surface area contributed by atoms with Crippen LogP contribution >= 0.6 is 11.6 Å². The Balaban J connectivity index is 2.35. The first kappa shape index (κ1) is 12.4. The monoisotopic (exact) mass is 264 g/mol. The van der Waals surface area contributed by atoms with Crippen molar-refractivity contribution in [3.63, 3.8) is 0 Å². The van der Waals surface area contributed by atoms with E-state index >= 15 is 0 Å². The number of halogens is 1. The third-order valence-electron chi connectivity index (χ3n) is 2.80. The summed E-state index contributed by atoms with van der Waals surface area (Å²) in [5.41, 5.74) is 0.236. The smallest absolute Gasteiger partial charge is 0.289 e. The highest BCUT2D eigenvalue weighted by molar-refractivity contribution is 6.32. The van der Waals surface area contributed by atoms with Gasteiger partial charge < -0.3 is 4.90 Å². The van der Waals surface area contributed by atoms with Crippen molar-refractivity contribution in [2.24, 2.45) is 5.92 Å². The van der Waals surface area contributed by atoms with Gasteiger partial charge in [-0.15, -0.1) is 12.3 Å². The largest absolute Gasteiger partial charge is 0.311 e. The summed E-state index contributed by atoms with van der Waals surface area (Å²) in [7, 11) is 0. The number of anilines is 1. The van der Waals surface area contributed by atoms with Crippen LogP contribution in [0.2, 0.25) is 5.02 Å². The number of nitro benzene ring substituents is 1. The van der Waals surface area contributed by atoms with Gasteiger partial charge in [-0.2, -0.15) is 0 Å². The fraction of sp³-hybridized carbons (Fsp3) is 0.250. The van der Waals surface area contributed by atoms with Crippen LogP contribution in [0.4, 0.5) is 11.4 Å². The summed E-state index contributed by atoms with van der Waals surface area (Å²) in [6.45, 7) is 0.383. The molecule has 1 aromatic carbocycles. The van der Waals surface area contributed by atoms with Gasteiger partial charge in [-0.05, 0) is 12.1 Å². The van der Waals surface area contributed by atoms with Crippen LogP contribution in [-0.4, -0.2) is 17.4 Å². The van der Waals surface area contributed by atoms with Gasteiger partial charge in [-0.3, -0.25) is 14.9 Å². The maximum Gasteiger partial charge on any atom is 0.289 e. The summed E-state index contributed by atoms with van der Waals surface area (Å²) in [5, 5.41) is 10.8. The highest BCUT2D eigenvalue weighted by Crippen LogP contribution is 2.32. The average Bonchev–Trinajstić information content (AvgIpc) is 2.71. The summed E-state index contributed by atoms with van der Waals surface area (Å²) in [4.78, 5) is 23.4. The zero-order valence-corrected chi connectivity index (χ0v) is 10.1. The molecule has 5 nitrogen and oxygen atoms in total. The second kappa shape index (κ2) is 4.67. The van der Waals surface area contributed by atoms with E-state index in [4.69, 9.17) is 18.0 Å². The molecule has 0 aromatic heterocycles. The van der Waals surface area contributed by atoms with E-state index in [1.54, 1.807) is 6.07 Å². The van der Waals surface area contributed by atoms with E-state index in [9.17, 15) is 14.9 Å². The lowest BCUT2D eigenvalue weighted by Gasteiger charge is -2.15. The van der Waals surface area contributed by atoms with Crippen molar-refractivity contribution in [2.45, 2.75) is 6.42 Å². The minimum absolute atomic E-state index is 0.0453. The van der Waals surface area contributed by atoms with Gasteiger partial charge in [0.15, 0.2) is 0 Å². The Kier molecular flexibility index (Phi) is 3.21. The molecule has 6 heteroatoms. The Morgan fingerprint density at radius 1 is 1.56 bits per heavy atom. The fourth-order valence-electron chi connectivity index (χ4n) is 1.88. The molecule has 1 aliphatic heterocycles. The molecular weight excluding hydrogens is 256 g/mol. The van der Waals surface area contributed by atoms with Gasteiger partial charge in [0.2, 0.25) is 5.91 Å². The van der Waals surface area contributed by atoms with E-state index in [0.717, 1.165) is 0 Å². The maximum atomic E-state index is 11.7. The molecule has 1 unspecified atom stereocenters. The van der Waals surface area contributed by atoms with E-state index in [-0.39, 0.29) is 29.0 Å². The minimum Gasteiger partial charge on any atom is -0.311 e. The van der Waals surface area contributed by atoms with Crippen LogP contribution in [0.5, 0.6) is 0 Å². The fourth-order valence-corrected chi connectivity index (χ4v) is 2.06. The summed E-state index contributed by atoms with van der Waals surface area (Å²) in [6.07, 6.45) is 5.55. The van der Waals surface area contributed by atoms with Crippen LogP contribution in [0.3, 0.4) is 0 Å². The molecule has 1 heterocycles. The first-order valence-electron chi connectivity index (χ1n) is 5.23. The molecule has 2 rings (SSSR count). The molecule has 0 saturated carbocycles. The third kappa shape index (κ3) is 2.15. The van der Waals surface area contributed by atoms with Gasteiger partial charge in [0, 0.05) is 24.9 Å². The summed E-state index contributed by atoms with van der Waals surface area (Å²) >= 11 is 5.71. The molecular formula is C12H9ClN2O3. The molecule has 0 aliphatic carbocycles. The van der Waals surface area contributed by atoms with Gasteiger partial charge in [0.05, 0.1) is 10.6 Å². The number of nitrogens with zero attached hydrogens (tertiary/aromatic N) is 2. The Morgan fingerprint density at radius 2 is 2.28 bits per heavy atom. The SMILES string of the molecule is C#CC1CC(=O)N(c2ccc(Cl)c([N+](=O)[O-])c2)C1. The molecule has 1 saturated heterocycles. The van der Waals surface area contributed by atoms with Crippen molar-refractivity contribution in [2.75, 3.05) is 11.4 Å². The Morgan fingerprint density at radius 3 is 2.83 bits per heavy atom. The van der Waals surface area contributed by atoms with E-state index < -0.39 is 4.92 Å². The number of terminal acetylenes is 1. The molecule has 1 amide bonds. The van der Waals surface area contributed by atoms with Crippen LogP contribution in [0.1, 0.15) is 6.42 Å². The number of rotatable bonds is 2. The predicted molar refractivity (Wildman–Crippen MR) is 67.4 cm³/mol. The van der Waals surface area contributed by atoms with E-state index in [2.05, 4.69) is 5.92 Å². The molecule has 0 bridgehead atoms. The molecule has 0 N–H and O–H groups in total. The van der Waals surface area contributed by atoms with Crippen LogP contribution in [-0.2, 0) is 4.79 Å².